The summed E-state index contributed by atoms with van der Waals surface area (Å²) >= 11 is 6.10. The van der Waals surface area contributed by atoms with Crippen molar-refractivity contribution in [3.05, 3.63) is 52.8 Å². The molecular weight excluding hydrogens is 410 g/mol. The number of nitrogens with one attached hydrogen (secondary N) is 3. The molecule has 0 amide bonds. The minimum absolute atomic E-state index is 0.394. The molecule has 2 aliphatic heterocycles. The lowest BCUT2D eigenvalue weighted by molar-refractivity contribution is 0.420. The van der Waals surface area contributed by atoms with Crippen LogP contribution in [0.4, 0.5) is 5.69 Å². The molecule has 1 unspecified atom stereocenters. The number of piperidine rings is 1. The van der Waals surface area contributed by atoms with Crippen molar-refractivity contribution >= 4 is 29.1 Å². The number of hydrogen-bond donors (Lipinski definition) is 3. The maximum Gasteiger partial charge on any atom is 0.220 e. The summed E-state index contributed by atoms with van der Waals surface area (Å²) in [5.41, 5.74) is 3.99. The van der Waals surface area contributed by atoms with Gasteiger partial charge in [0.1, 0.15) is 10.9 Å². The summed E-state index contributed by atoms with van der Waals surface area (Å²) in [4.78, 5) is 6.62. The Morgan fingerprint density at radius 1 is 1.26 bits per heavy atom. The van der Waals surface area contributed by atoms with Crippen LogP contribution < -0.4 is 20.3 Å². The fourth-order valence-corrected chi connectivity index (χ4v) is 4.42. The fourth-order valence-electron chi connectivity index (χ4n) is 4.26. The number of aromatic nitrogens is 1. The fraction of sp³-hybridized carbons (Fsp3) is 0.417. The van der Waals surface area contributed by atoms with Crippen LogP contribution in [0.5, 0.6) is 11.6 Å². The molecule has 0 saturated carbocycles. The normalized spacial score (nSPS) is 19.6. The number of hydrogen-bond acceptors (Lipinski definition) is 6. The lowest BCUT2D eigenvalue weighted by atomic mass is 9.92. The van der Waals surface area contributed by atoms with E-state index in [9.17, 15) is 0 Å². The van der Waals surface area contributed by atoms with E-state index in [2.05, 4.69) is 40.6 Å². The monoisotopic (exact) mass is 439 g/mol. The molecule has 1 aromatic carbocycles. The second kappa shape index (κ2) is 9.71. The van der Waals surface area contributed by atoms with E-state index in [0.717, 1.165) is 66.9 Å². The van der Waals surface area contributed by atoms with Crippen LogP contribution in [0, 0.1) is 5.41 Å². The number of anilines is 1. The van der Waals surface area contributed by atoms with E-state index >= 15 is 0 Å². The highest BCUT2D eigenvalue weighted by Crippen LogP contribution is 2.42. The first-order valence-electron chi connectivity index (χ1n) is 10.9. The average Bonchev–Trinajstić information content (AvgIpc) is 2.78. The van der Waals surface area contributed by atoms with Gasteiger partial charge in [-0.2, -0.15) is 0 Å². The predicted molar refractivity (Wildman–Crippen MR) is 128 cm³/mol. The Labute approximate surface area is 189 Å². The second-order valence-electron chi connectivity index (χ2n) is 8.27. The molecule has 3 N–H and O–H groups in total. The van der Waals surface area contributed by atoms with E-state index in [1.54, 1.807) is 6.07 Å². The third-order valence-electron chi connectivity index (χ3n) is 6.27. The summed E-state index contributed by atoms with van der Waals surface area (Å²) in [6.45, 7) is 4.27. The smallest absolute Gasteiger partial charge is 0.220 e. The van der Waals surface area contributed by atoms with Crippen LogP contribution in [0.1, 0.15) is 37.3 Å². The van der Waals surface area contributed by atoms with Crippen LogP contribution in [-0.2, 0) is 6.42 Å². The van der Waals surface area contributed by atoms with E-state index < -0.39 is 0 Å². The van der Waals surface area contributed by atoms with Gasteiger partial charge in [-0.25, -0.2) is 4.98 Å². The number of ether oxygens (including phenoxy) is 1. The SMILES string of the molecule is CC1CCc2c(ccc(/C(C=N)=C/NC3CCNCC3)c2Oc2cccc(Cl)n2)N1C. The van der Waals surface area contributed by atoms with Gasteiger partial charge in [-0.3, -0.25) is 0 Å². The minimum Gasteiger partial charge on any atom is -0.438 e. The molecule has 6 nitrogen and oxygen atoms in total. The standard InChI is InChI=1S/C24H30ClN5O/c1-16-6-7-20-21(30(16)2)9-8-19(24(20)31-23-5-3-4-22(25)29-23)17(14-26)15-28-18-10-12-27-13-11-18/h3-5,8-9,14-16,18,26-28H,6-7,10-13H2,1-2H3/b17-15+,26-14?. The van der Waals surface area contributed by atoms with Crippen LogP contribution in [-0.4, -0.2) is 43.4 Å². The summed E-state index contributed by atoms with van der Waals surface area (Å²) in [5, 5.41) is 15.4. The highest BCUT2D eigenvalue weighted by molar-refractivity contribution is 6.29. The first-order valence-corrected chi connectivity index (χ1v) is 11.3. The van der Waals surface area contributed by atoms with E-state index in [1.807, 2.05) is 24.4 Å². The third-order valence-corrected chi connectivity index (χ3v) is 6.48. The van der Waals surface area contributed by atoms with Crippen molar-refractivity contribution in [1.29, 1.82) is 5.41 Å². The van der Waals surface area contributed by atoms with Gasteiger partial charge in [-0.05, 0) is 63.9 Å². The Morgan fingerprint density at radius 2 is 2.06 bits per heavy atom. The number of fused-ring (bicyclic) bond motifs is 1. The van der Waals surface area contributed by atoms with Gasteiger partial charge in [0.2, 0.25) is 5.88 Å². The molecular formula is C24H30ClN5O. The zero-order valence-electron chi connectivity index (χ0n) is 18.1. The highest BCUT2D eigenvalue weighted by atomic mass is 35.5. The molecule has 1 fully saturated rings. The number of halogens is 1. The van der Waals surface area contributed by atoms with Crippen molar-refractivity contribution in [3.63, 3.8) is 0 Å². The van der Waals surface area contributed by atoms with Gasteiger partial charge in [-0.1, -0.05) is 17.7 Å². The van der Waals surface area contributed by atoms with Crippen LogP contribution in [0.3, 0.4) is 0 Å². The third kappa shape index (κ3) is 4.86. The van der Waals surface area contributed by atoms with Crippen molar-refractivity contribution in [2.45, 2.75) is 44.7 Å². The minimum atomic E-state index is 0.394. The molecule has 7 heteroatoms. The van der Waals surface area contributed by atoms with E-state index in [0.29, 0.717) is 23.1 Å². The summed E-state index contributed by atoms with van der Waals surface area (Å²) in [6.07, 6.45) is 7.46. The van der Waals surface area contributed by atoms with Gasteiger partial charge in [0.15, 0.2) is 0 Å². The summed E-state index contributed by atoms with van der Waals surface area (Å²) in [7, 11) is 2.12. The van der Waals surface area contributed by atoms with Crippen molar-refractivity contribution < 1.29 is 4.74 Å². The van der Waals surface area contributed by atoms with Crippen LogP contribution in [0.25, 0.3) is 5.57 Å². The van der Waals surface area contributed by atoms with Gasteiger partial charge in [0, 0.05) is 60.0 Å². The van der Waals surface area contributed by atoms with E-state index in [-0.39, 0.29) is 0 Å². The van der Waals surface area contributed by atoms with Gasteiger partial charge in [-0.15, -0.1) is 0 Å². The molecule has 4 rings (SSSR count). The molecule has 2 aliphatic rings. The highest BCUT2D eigenvalue weighted by Gasteiger charge is 2.26. The lowest BCUT2D eigenvalue weighted by Crippen LogP contribution is -2.37. The van der Waals surface area contributed by atoms with Gasteiger partial charge in [0.05, 0.1) is 0 Å². The number of pyridine rings is 1. The number of benzene rings is 1. The average molecular weight is 440 g/mol. The topological polar surface area (TPSA) is 73.3 Å². The quantitative estimate of drug-likeness (QED) is 0.452. The van der Waals surface area contributed by atoms with Crippen LogP contribution in [0.15, 0.2) is 36.5 Å². The van der Waals surface area contributed by atoms with Crippen LogP contribution >= 0.6 is 11.6 Å². The molecule has 3 heterocycles. The molecule has 1 saturated heterocycles. The van der Waals surface area contributed by atoms with Gasteiger partial charge in [0.25, 0.3) is 0 Å². The van der Waals surface area contributed by atoms with Gasteiger partial charge >= 0.3 is 0 Å². The number of nitrogens with zero attached hydrogens (tertiary/aromatic N) is 2. The Bertz CT molecular complexity index is 970. The molecule has 0 bridgehead atoms. The Balaban J connectivity index is 1.74. The first kappa shape index (κ1) is 21.7. The molecule has 0 radical (unpaired) electrons. The largest absolute Gasteiger partial charge is 0.438 e. The van der Waals surface area contributed by atoms with Gasteiger partial charge < -0.3 is 25.7 Å². The van der Waals surface area contributed by atoms with E-state index in [4.69, 9.17) is 21.7 Å². The van der Waals surface area contributed by atoms with Crippen molar-refractivity contribution in [1.82, 2.24) is 15.6 Å². The predicted octanol–water partition coefficient (Wildman–Crippen LogP) is 4.63. The first-order chi connectivity index (χ1) is 15.1. The van der Waals surface area contributed by atoms with Crippen molar-refractivity contribution in [2.75, 3.05) is 25.0 Å². The Hall–Kier alpha value is -2.57. The lowest BCUT2D eigenvalue weighted by Gasteiger charge is -2.35. The number of rotatable bonds is 6. The van der Waals surface area contributed by atoms with E-state index in [1.165, 1.54) is 6.21 Å². The maximum atomic E-state index is 8.09. The Morgan fingerprint density at radius 3 is 2.81 bits per heavy atom. The molecule has 2 aromatic rings. The number of allylic oxidation sites excluding steroid dienone is 1. The van der Waals surface area contributed by atoms with Crippen molar-refractivity contribution in [3.8, 4) is 11.6 Å². The Kier molecular flexibility index (Phi) is 6.78. The summed E-state index contributed by atoms with van der Waals surface area (Å²) in [5.74, 6) is 1.21. The second-order valence-corrected chi connectivity index (χ2v) is 8.66. The summed E-state index contributed by atoms with van der Waals surface area (Å²) in [6, 6.07) is 10.5. The zero-order valence-corrected chi connectivity index (χ0v) is 18.9. The summed E-state index contributed by atoms with van der Waals surface area (Å²) < 4.78 is 6.34. The van der Waals surface area contributed by atoms with Crippen LogP contribution in [0.2, 0.25) is 5.15 Å². The molecule has 0 aliphatic carbocycles. The maximum absolute atomic E-state index is 8.09. The molecule has 0 spiro atoms. The zero-order chi connectivity index (χ0) is 21.8. The molecule has 164 valence electrons. The molecule has 1 aromatic heterocycles. The molecule has 31 heavy (non-hydrogen) atoms. The molecule has 1 atom stereocenters. The van der Waals surface area contributed by atoms with Crippen molar-refractivity contribution in [2.24, 2.45) is 0 Å².